The summed E-state index contributed by atoms with van der Waals surface area (Å²) in [4.78, 5) is 10.7. The van der Waals surface area contributed by atoms with Gasteiger partial charge in [0.25, 0.3) is 5.78 Å². The number of ether oxygens (including phenoxy) is 1. The van der Waals surface area contributed by atoms with Crippen LogP contribution >= 0.6 is 0 Å². The van der Waals surface area contributed by atoms with Crippen LogP contribution in [0.4, 0.5) is 26.3 Å². The molecule has 0 unspecified atom stereocenters. The van der Waals surface area contributed by atoms with Gasteiger partial charge < -0.3 is 0 Å². The molecule has 1 heterocycles. The quantitative estimate of drug-likeness (QED) is 0.619. The molecule has 0 amide bonds. The number of hydrogen-bond acceptors (Lipinski definition) is 4. The number of Topliss-reactive ketones (excluding diaryl/α,β-unsaturated/α-hetero) is 1. The molecule has 0 saturated heterocycles. The molecular formula is C7H5F6N3O2. The van der Waals surface area contributed by atoms with Crippen LogP contribution in [0.5, 0.6) is 0 Å². The lowest BCUT2D eigenvalue weighted by Crippen LogP contribution is -2.23. The van der Waals surface area contributed by atoms with Crippen molar-refractivity contribution < 1.29 is 35.9 Å². The number of carbonyl (C=O) groups excluding carboxylic acids is 1. The van der Waals surface area contributed by atoms with Crippen molar-refractivity contribution in [3.63, 3.8) is 0 Å². The van der Waals surface area contributed by atoms with Crippen molar-refractivity contribution in [2.75, 3.05) is 6.61 Å². The molecule has 1 aromatic rings. The van der Waals surface area contributed by atoms with Crippen LogP contribution in [0.25, 0.3) is 0 Å². The Morgan fingerprint density at radius 1 is 1.28 bits per heavy atom. The first-order valence-electron chi connectivity index (χ1n) is 4.32. The maximum absolute atomic E-state index is 12.0. The number of halogens is 6. The molecule has 102 valence electrons. The van der Waals surface area contributed by atoms with E-state index in [0.29, 0.717) is 10.9 Å². The summed E-state index contributed by atoms with van der Waals surface area (Å²) >= 11 is 0. The summed E-state index contributed by atoms with van der Waals surface area (Å²) in [5.41, 5.74) is -0.991. The second-order valence-electron chi connectivity index (χ2n) is 2.99. The molecule has 18 heavy (non-hydrogen) atoms. The van der Waals surface area contributed by atoms with Gasteiger partial charge in [0.1, 0.15) is 0 Å². The fraction of sp³-hybridized carbons (Fsp3) is 0.571. The monoisotopic (exact) mass is 277 g/mol. The van der Waals surface area contributed by atoms with E-state index in [1.807, 2.05) is 0 Å². The lowest BCUT2D eigenvalue weighted by Gasteiger charge is -2.06. The van der Waals surface area contributed by atoms with Crippen molar-refractivity contribution in [2.24, 2.45) is 0 Å². The summed E-state index contributed by atoms with van der Waals surface area (Å²) in [7, 11) is 0. The highest BCUT2D eigenvalue weighted by Gasteiger charge is 2.41. The van der Waals surface area contributed by atoms with Crippen LogP contribution in [-0.2, 0) is 11.3 Å². The van der Waals surface area contributed by atoms with Crippen LogP contribution < -0.4 is 0 Å². The summed E-state index contributed by atoms with van der Waals surface area (Å²) in [5.74, 6) is -2.22. The van der Waals surface area contributed by atoms with Gasteiger partial charge in [0, 0.05) is 0 Å². The third kappa shape index (κ3) is 4.31. The number of carbonyl (C=O) groups is 1. The molecule has 0 spiro atoms. The van der Waals surface area contributed by atoms with Crippen molar-refractivity contribution >= 4 is 5.78 Å². The first kappa shape index (κ1) is 14.4. The zero-order valence-electron chi connectivity index (χ0n) is 8.42. The van der Waals surface area contributed by atoms with Gasteiger partial charge in [-0.25, -0.2) is 4.68 Å². The van der Waals surface area contributed by atoms with Gasteiger partial charge in [-0.05, 0) is 0 Å². The highest BCUT2D eigenvalue weighted by Crippen LogP contribution is 2.20. The number of alkyl halides is 6. The molecule has 5 nitrogen and oxygen atoms in total. The summed E-state index contributed by atoms with van der Waals surface area (Å²) < 4.78 is 74.6. The summed E-state index contributed by atoms with van der Waals surface area (Å²) in [6.45, 7) is -1.34. The minimum absolute atomic E-state index is 0.488. The number of hydrogen-bond donors (Lipinski definition) is 0. The molecule has 0 aliphatic rings. The standard InChI is InChI=1S/C7H5F6N3O2/c8-6(9,10)5(17)4-3-16(15-14-4)1-2-18-7(11,12)13/h3H,1-2H2. The van der Waals surface area contributed by atoms with E-state index in [4.69, 9.17) is 0 Å². The minimum Gasteiger partial charge on any atom is -0.290 e. The maximum Gasteiger partial charge on any atom is 0.522 e. The van der Waals surface area contributed by atoms with Crippen LogP contribution in [0.1, 0.15) is 10.5 Å². The third-order valence-electron chi connectivity index (χ3n) is 1.61. The zero-order valence-corrected chi connectivity index (χ0v) is 8.42. The smallest absolute Gasteiger partial charge is 0.290 e. The second-order valence-corrected chi connectivity index (χ2v) is 2.99. The van der Waals surface area contributed by atoms with Crippen molar-refractivity contribution in [1.82, 2.24) is 15.0 Å². The Labute approximate surface area is 95.3 Å². The van der Waals surface area contributed by atoms with Crippen molar-refractivity contribution in [1.29, 1.82) is 0 Å². The van der Waals surface area contributed by atoms with Crippen LogP contribution in [0.2, 0.25) is 0 Å². The predicted octanol–water partition coefficient (Wildman–Crippen LogP) is 1.56. The number of nitrogens with zero attached hydrogens (tertiary/aromatic N) is 3. The summed E-state index contributed by atoms with van der Waals surface area (Å²) in [6.07, 6.45) is -9.36. The highest BCUT2D eigenvalue weighted by atomic mass is 19.4. The molecule has 0 fully saturated rings. The zero-order chi connectivity index (χ0) is 14.0. The third-order valence-corrected chi connectivity index (χ3v) is 1.61. The molecule has 0 atom stereocenters. The normalized spacial score (nSPS) is 12.8. The molecule has 0 saturated carbocycles. The van der Waals surface area contributed by atoms with Gasteiger partial charge >= 0.3 is 12.5 Å². The van der Waals surface area contributed by atoms with E-state index in [-0.39, 0.29) is 0 Å². The van der Waals surface area contributed by atoms with Crippen LogP contribution in [0.3, 0.4) is 0 Å². The fourth-order valence-electron chi connectivity index (χ4n) is 0.912. The van der Waals surface area contributed by atoms with Crippen LogP contribution in [0, 0.1) is 0 Å². The molecule has 0 N–H and O–H groups in total. The van der Waals surface area contributed by atoms with Gasteiger partial charge in [-0.3, -0.25) is 9.53 Å². The van der Waals surface area contributed by atoms with Crippen LogP contribution in [0.15, 0.2) is 6.20 Å². The topological polar surface area (TPSA) is 57.0 Å². The van der Waals surface area contributed by atoms with Gasteiger partial charge in [0.2, 0.25) is 0 Å². The van der Waals surface area contributed by atoms with Gasteiger partial charge in [0.05, 0.1) is 19.3 Å². The van der Waals surface area contributed by atoms with E-state index in [0.717, 1.165) is 0 Å². The van der Waals surface area contributed by atoms with E-state index < -0.39 is 37.2 Å². The molecule has 0 bridgehead atoms. The average Bonchev–Trinajstić information content (AvgIpc) is 2.61. The SMILES string of the molecule is O=C(c1cn(CCOC(F)(F)F)nn1)C(F)(F)F. The molecule has 0 aliphatic carbocycles. The highest BCUT2D eigenvalue weighted by molar-refractivity contribution is 5.98. The maximum atomic E-state index is 12.0. The van der Waals surface area contributed by atoms with Gasteiger partial charge in [-0.1, -0.05) is 5.21 Å². The first-order chi connectivity index (χ1) is 8.09. The Morgan fingerprint density at radius 3 is 2.39 bits per heavy atom. The van der Waals surface area contributed by atoms with Gasteiger partial charge in [-0.2, -0.15) is 13.2 Å². The van der Waals surface area contributed by atoms with Gasteiger partial charge in [-0.15, -0.1) is 18.3 Å². The number of rotatable bonds is 4. The second kappa shape index (κ2) is 4.92. The van der Waals surface area contributed by atoms with E-state index >= 15 is 0 Å². The molecule has 11 heteroatoms. The first-order valence-corrected chi connectivity index (χ1v) is 4.32. The fourth-order valence-corrected chi connectivity index (χ4v) is 0.912. The Balaban J connectivity index is 2.57. The molecule has 1 rings (SSSR count). The largest absolute Gasteiger partial charge is 0.522 e. The molecule has 0 aromatic carbocycles. The lowest BCUT2D eigenvalue weighted by atomic mass is 10.3. The van der Waals surface area contributed by atoms with E-state index in [1.165, 1.54) is 0 Å². The summed E-state index contributed by atoms with van der Waals surface area (Å²) in [5, 5.41) is 5.97. The Kier molecular flexibility index (Phi) is 3.94. The van der Waals surface area contributed by atoms with Crippen molar-refractivity contribution in [3.05, 3.63) is 11.9 Å². The van der Waals surface area contributed by atoms with Crippen molar-refractivity contribution in [2.45, 2.75) is 19.1 Å². The Hall–Kier alpha value is -1.65. The summed E-state index contributed by atoms with van der Waals surface area (Å²) in [6, 6.07) is 0. The van der Waals surface area contributed by atoms with Crippen molar-refractivity contribution in [3.8, 4) is 0 Å². The van der Waals surface area contributed by atoms with E-state index in [1.54, 1.807) is 0 Å². The van der Waals surface area contributed by atoms with Gasteiger partial charge in [0.15, 0.2) is 5.69 Å². The van der Waals surface area contributed by atoms with Crippen LogP contribution in [-0.4, -0.2) is 39.9 Å². The molecule has 1 aromatic heterocycles. The Bertz CT molecular complexity index is 424. The minimum atomic E-state index is -5.11. The number of ketones is 1. The molecule has 0 radical (unpaired) electrons. The molecular weight excluding hydrogens is 272 g/mol. The number of aromatic nitrogens is 3. The van der Waals surface area contributed by atoms with E-state index in [9.17, 15) is 31.1 Å². The van der Waals surface area contributed by atoms with E-state index in [2.05, 4.69) is 15.0 Å². The molecule has 0 aliphatic heterocycles. The Morgan fingerprint density at radius 2 is 1.89 bits per heavy atom. The average molecular weight is 277 g/mol. The predicted molar refractivity (Wildman–Crippen MR) is 42.4 cm³/mol. The lowest BCUT2D eigenvalue weighted by molar-refractivity contribution is -0.325.